The van der Waals surface area contributed by atoms with Crippen LogP contribution < -0.4 is 9.62 Å². The van der Waals surface area contributed by atoms with Crippen molar-refractivity contribution in [3.05, 3.63) is 65.2 Å². The number of carbonyl (C=O) groups excluding carboxylic acids is 1. The van der Waals surface area contributed by atoms with Gasteiger partial charge in [-0.15, -0.1) is 0 Å². The van der Waals surface area contributed by atoms with Gasteiger partial charge in [-0.05, 0) is 42.7 Å². The van der Waals surface area contributed by atoms with Crippen LogP contribution in [0.4, 0.5) is 5.69 Å². The van der Waals surface area contributed by atoms with Crippen molar-refractivity contribution in [3.63, 3.8) is 0 Å². The number of nitrogens with zero attached hydrogens (tertiary/aromatic N) is 1. The maximum Gasteiger partial charge on any atom is 0.240 e. The van der Waals surface area contributed by atoms with Gasteiger partial charge in [-0.25, -0.2) is 8.42 Å². The molecule has 0 atom stereocenters. The van der Waals surface area contributed by atoms with E-state index in [4.69, 9.17) is 4.74 Å². The molecule has 0 heterocycles. The van der Waals surface area contributed by atoms with E-state index < -0.39 is 10.0 Å². The predicted molar refractivity (Wildman–Crippen MR) is 107 cm³/mol. The summed E-state index contributed by atoms with van der Waals surface area (Å²) in [6, 6.07) is 15.2. The van der Waals surface area contributed by atoms with Crippen molar-refractivity contribution in [3.8, 4) is 0 Å². The van der Waals surface area contributed by atoms with E-state index in [-0.39, 0.29) is 12.5 Å². The van der Waals surface area contributed by atoms with Gasteiger partial charge in [0.1, 0.15) is 6.54 Å². The first-order valence-electron chi connectivity index (χ1n) is 8.70. The molecular formula is C20H26N2O4S. The molecule has 0 saturated carbocycles. The van der Waals surface area contributed by atoms with Crippen molar-refractivity contribution in [2.75, 3.05) is 30.3 Å². The van der Waals surface area contributed by atoms with Crippen LogP contribution in [0.15, 0.2) is 48.5 Å². The Bertz CT molecular complexity index is 847. The molecule has 0 bridgehead atoms. The summed E-state index contributed by atoms with van der Waals surface area (Å²) in [5.74, 6) is -0.372. The molecule has 0 radical (unpaired) electrons. The van der Waals surface area contributed by atoms with Gasteiger partial charge in [0.25, 0.3) is 0 Å². The lowest BCUT2D eigenvalue weighted by atomic mass is 10.1. The monoisotopic (exact) mass is 390 g/mol. The Balaban J connectivity index is 1.87. The molecule has 0 spiro atoms. The second-order valence-corrected chi connectivity index (χ2v) is 8.41. The Hall–Kier alpha value is -2.38. The van der Waals surface area contributed by atoms with E-state index in [2.05, 4.69) is 5.32 Å². The number of hydrogen-bond acceptors (Lipinski definition) is 4. The summed E-state index contributed by atoms with van der Waals surface area (Å²) in [5.41, 5.74) is 3.43. The van der Waals surface area contributed by atoms with Gasteiger partial charge in [-0.3, -0.25) is 9.10 Å². The third kappa shape index (κ3) is 7.03. The normalized spacial score (nSPS) is 11.2. The highest BCUT2D eigenvalue weighted by Crippen LogP contribution is 2.21. The molecule has 2 rings (SSSR count). The van der Waals surface area contributed by atoms with Gasteiger partial charge in [0.15, 0.2) is 0 Å². The van der Waals surface area contributed by atoms with Crippen LogP contribution in [0, 0.1) is 13.8 Å². The quantitative estimate of drug-likeness (QED) is 0.667. The summed E-state index contributed by atoms with van der Waals surface area (Å²) < 4.78 is 30.9. The van der Waals surface area contributed by atoms with Gasteiger partial charge in [-0.2, -0.15) is 0 Å². The lowest BCUT2D eigenvalue weighted by molar-refractivity contribution is -0.119. The number of nitrogens with one attached hydrogen (secondary N) is 1. The average molecular weight is 391 g/mol. The van der Waals surface area contributed by atoms with E-state index in [1.165, 1.54) is 0 Å². The largest absolute Gasteiger partial charge is 0.375 e. The summed E-state index contributed by atoms with van der Waals surface area (Å²) in [7, 11) is -3.58. The molecule has 0 aliphatic heterocycles. The van der Waals surface area contributed by atoms with Crippen LogP contribution in [0.3, 0.4) is 0 Å². The molecule has 1 amide bonds. The summed E-state index contributed by atoms with van der Waals surface area (Å²) in [6.07, 6.45) is 1.10. The van der Waals surface area contributed by atoms with Crippen LogP contribution in [0.1, 0.15) is 16.7 Å². The van der Waals surface area contributed by atoms with E-state index in [0.29, 0.717) is 25.4 Å². The number of carbonyl (C=O) groups is 1. The fourth-order valence-corrected chi connectivity index (χ4v) is 3.55. The number of aryl methyl sites for hydroxylation is 2. The zero-order chi connectivity index (χ0) is 19.9. The van der Waals surface area contributed by atoms with Gasteiger partial charge < -0.3 is 10.1 Å². The highest BCUT2D eigenvalue weighted by atomic mass is 32.2. The van der Waals surface area contributed by atoms with Crippen molar-refractivity contribution in [1.82, 2.24) is 5.32 Å². The van der Waals surface area contributed by atoms with E-state index in [9.17, 15) is 13.2 Å². The molecule has 6 nitrogen and oxygen atoms in total. The maximum atomic E-state index is 12.2. The number of anilines is 1. The Morgan fingerprint density at radius 2 is 1.70 bits per heavy atom. The molecule has 27 heavy (non-hydrogen) atoms. The average Bonchev–Trinajstić information content (AvgIpc) is 2.58. The lowest BCUT2D eigenvalue weighted by Gasteiger charge is -2.22. The van der Waals surface area contributed by atoms with Gasteiger partial charge in [0, 0.05) is 6.54 Å². The Kier molecular flexibility index (Phi) is 7.38. The SMILES string of the molecule is Cc1cc(C)cc(N(CC(=O)NCCOCc2ccccc2)S(C)(=O)=O)c1. The number of hydrogen-bond donors (Lipinski definition) is 1. The van der Waals surface area contributed by atoms with Gasteiger partial charge >= 0.3 is 0 Å². The first kappa shape index (κ1) is 20.9. The molecule has 1 N–H and O–H groups in total. The zero-order valence-corrected chi connectivity index (χ0v) is 16.8. The Morgan fingerprint density at radius 3 is 2.30 bits per heavy atom. The minimum Gasteiger partial charge on any atom is -0.375 e. The first-order chi connectivity index (χ1) is 12.8. The fraction of sp³-hybridized carbons (Fsp3) is 0.350. The van der Waals surface area contributed by atoms with Crippen molar-refractivity contribution >= 4 is 21.6 Å². The van der Waals surface area contributed by atoms with Crippen LogP contribution in [0.5, 0.6) is 0 Å². The van der Waals surface area contributed by atoms with Crippen molar-refractivity contribution in [2.45, 2.75) is 20.5 Å². The van der Waals surface area contributed by atoms with Gasteiger partial charge in [-0.1, -0.05) is 36.4 Å². The van der Waals surface area contributed by atoms with Crippen LogP contribution >= 0.6 is 0 Å². The lowest BCUT2D eigenvalue weighted by Crippen LogP contribution is -2.41. The topological polar surface area (TPSA) is 75.7 Å². The van der Waals surface area contributed by atoms with Crippen molar-refractivity contribution < 1.29 is 17.9 Å². The van der Waals surface area contributed by atoms with Gasteiger partial charge in [0.05, 0.1) is 25.2 Å². The minimum atomic E-state index is -3.58. The molecule has 0 fully saturated rings. The second kappa shape index (κ2) is 9.53. The fourth-order valence-electron chi connectivity index (χ4n) is 2.71. The second-order valence-electron chi connectivity index (χ2n) is 6.50. The van der Waals surface area contributed by atoms with E-state index >= 15 is 0 Å². The third-order valence-corrected chi connectivity index (χ3v) is 5.00. The van der Waals surface area contributed by atoms with E-state index in [1.54, 1.807) is 12.1 Å². The van der Waals surface area contributed by atoms with E-state index in [1.807, 2.05) is 50.2 Å². The smallest absolute Gasteiger partial charge is 0.240 e. The Morgan fingerprint density at radius 1 is 1.07 bits per heavy atom. The number of sulfonamides is 1. The summed E-state index contributed by atoms with van der Waals surface area (Å²) >= 11 is 0. The minimum absolute atomic E-state index is 0.263. The number of amides is 1. The summed E-state index contributed by atoms with van der Waals surface area (Å²) in [4.78, 5) is 12.2. The van der Waals surface area contributed by atoms with Crippen LogP contribution in [-0.2, 0) is 26.2 Å². The first-order valence-corrected chi connectivity index (χ1v) is 10.5. The number of ether oxygens (including phenoxy) is 1. The molecule has 7 heteroatoms. The van der Waals surface area contributed by atoms with Crippen LogP contribution in [0.25, 0.3) is 0 Å². The molecule has 0 saturated heterocycles. The molecule has 0 aliphatic carbocycles. The summed E-state index contributed by atoms with van der Waals surface area (Å²) in [5, 5.41) is 2.70. The summed E-state index contributed by atoms with van der Waals surface area (Å²) in [6.45, 7) is 4.65. The van der Waals surface area contributed by atoms with Crippen LogP contribution in [-0.4, -0.2) is 40.3 Å². The molecule has 146 valence electrons. The highest BCUT2D eigenvalue weighted by Gasteiger charge is 2.21. The molecule has 2 aromatic carbocycles. The molecular weight excluding hydrogens is 364 g/mol. The molecule has 2 aromatic rings. The number of rotatable bonds is 9. The molecule has 0 aliphatic rings. The molecule has 0 aromatic heterocycles. The standard InChI is InChI=1S/C20H26N2O4S/c1-16-11-17(2)13-19(12-16)22(27(3,24)25)14-20(23)21-9-10-26-15-18-7-5-4-6-8-18/h4-8,11-13H,9-10,14-15H2,1-3H3,(H,21,23). The van der Waals surface area contributed by atoms with Crippen molar-refractivity contribution in [1.29, 1.82) is 0 Å². The van der Waals surface area contributed by atoms with Crippen LogP contribution in [0.2, 0.25) is 0 Å². The predicted octanol–water partition coefficient (Wildman–Crippen LogP) is 2.40. The maximum absolute atomic E-state index is 12.2. The van der Waals surface area contributed by atoms with E-state index in [0.717, 1.165) is 27.3 Å². The third-order valence-electron chi connectivity index (χ3n) is 3.86. The zero-order valence-electron chi connectivity index (χ0n) is 15.9. The Labute approximate surface area is 161 Å². The highest BCUT2D eigenvalue weighted by molar-refractivity contribution is 7.92. The molecule has 0 unspecified atom stereocenters. The number of benzene rings is 2. The van der Waals surface area contributed by atoms with Gasteiger partial charge in [0.2, 0.25) is 15.9 Å². The van der Waals surface area contributed by atoms with Crippen molar-refractivity contribution in [2.24, 2.45) is 0 Å².